The van der Waals surface area contributed by atoms with Crippen molar-refractivity contribution in [3.63, 3.8) is 0 Å². The molecular weight excluding hydrogens is 351 g/mol. The zero-order valence-corrected chi connectivity index (χ0v) is 14.3. The van der Waals surface area contributed by atoms with E-state index >= 15 is 0 Å². The van der Waals surface area contributed by atoms with Gasteiger partial charge in [-0.1, -0.05) is 12.1 Å². The molecule has 1 saturated heterocycles. The van der Waals surface area contributed by atoms with Gasteiger partial charge in [0.2, 0.25) is 0 Å². The van der Waals surface area contributed by atoms with Gasteiger partial charge in [-0.2, -0.15) is 5.10 Å². The lowest BCUT2D eigenvalue weighted by atomic mass is 10.2. The highest BCUT2D eigenvalue weighted by Gasteiger charge is 2.41. The lowest BCUT2D eigenvalue weighted by Crippen LogP contribution is -2.30. The van der Waals surface area contributed by atoms with E-state index in [1.165, 1.54) is 16.8 Å². The first-order valence-electron chi connectivity index (χ1n) is 8.19. The normalized spacial score (nSPS) is 16.5. The number of urea groups is 1. The predicted octanol–water partition coefficient (Wildman–Crippen LogP) is 3.15. The number of nitrogens with zero attached hydrogens (tertiary/aromatic N) is 3. The highest BCUT2D eigenvalue weighted by molar-refractivity contribution is 6.21. The second-order valence-corrected chi connectivity index (χ2v) is 5.96. The zero-order valence-electron chi connectivity index (χ0n) is 14.3. The summed E-state index contributed by atoms with van der Waals surface area (Å²) in [4.78, 5) is 26.1. The number of hydrogen-bond acceptors (Lipinski definition) is 4. The van der Waals surface area contributed by atoms with E-state index in [0.29, 0.717) is 17.1 Å². The van der Waals surface area contributed by atoms with Crippen LogP contribution in [-0.2, 0) is 11.8 Å². The molecule has 2 aromatic carbocycles. The van der Waals surface area contributed by atoms with Crippen molar-refractivity contribution in [2.45, 2.75) is 6.04 Å². The average Bonchev–Trinajstić information content (AvgIpc) is 3.20. The van der Waals surface area contributed by atoms with E-state index < -0.39 is 23.8 Å². The molecule has 1 N–H and O–H groups in total. The third-order valence-corrected chi connectivity index (χ3v) is 4.25. The molecule has 27 heavy (non-hydrogen) atoms. The largest absolute Gasteiger partial charge is 0.454 e. The number of ether oxygens (including phenoxy) is 1. The average molecular weight is 366 g/mol. The fourth-order valence-electron chi connectivity index (χ4n) is 2.91. The third kappa shape index (κ3) is 3.01. The first kappa shape index (κ1) is 16.8. The summed E-state index contributed by atoms with van der Waals surface area (Å²) >= 11 is 0. The van der Waals surface area contributed by atoms with Crippen LogP contribution in [0.3, 0.4) is 0 Å². The van der Waals surface area contributed by atoms with Crippen LogP contribution in [-0.4, -0.2) is 21.7 Å². The molecule has 0 radical (unpaired) electrons. The van der Waals surface area contributed by atoms with Gasteiger partial charge < -0.3 is 10.1 Å². The molecule has 8 heteroatoms. The quantitative estimate of drug-likeness (QED) is 0.720. The minimum absolute atomic E-state index is 0.0940. The molecule has 0 saturated carbocycles. The van der Waals surface area contributed by atoms with Gasteiger partial charge in [0.1, 0.15) is 5.75 Å². The summed E-state index contributed by atoms with van der Waals surface area (Å²) < 4.78 is 20.7. The first-order chi connectivity index (χ1) is 13.0. The molecule has 136 valence electrons. The zero-order chi connectivity index (χ0) is 19.0. The predicted molar refractivity (Wildman–Crippen MR) is 94.9 cm³/mol. The van der Waals surface area contributed by atoms with Gasteiger partial charge in [-0.15, -0.1) is 0 Å². The van der Waals surface area contributed by atoms with Crippen molar-refractivity contribution in [3.8, 4) is 11.5 Å². The maximum atomic E-state index is 13.7. The van der Waals surface area contributed by atoms with Gasteiger partial charge in [0, 0.05) is 13.2 Å². The Hall–Kier alpha value is -3.68. The summed E-state index contributed by atoms with van der Waals surface area (Å²) in [5, 5.41) is 6.68. The van der Waals surface area contributed by atoms with Gasteiger partial charge >= 0.3 is 6.03 Å². The molecule has 1 aliphatic heterocycles. The fraction of sp³-hybridized carbons (Fsp3) is 0.105. The number of carbonyl (C=O) groups excluding carboxylic acids is 2. The Morgan fingerprint density at radius 2 is 1.81 bits per heavy atom. The van der Waals surface area contributed by atoms with Gasteiger partial charge in [-0.05, 0) is 42.5 Å². The van der Waals surface area contributed by atoms with Crippen LogP contribution < -0.4 is 15.0 Å². The maximum Gasteiger partial charge on any atom is 0.329 e. The van der Waals surface area contributed by atoms with Crippen molar-refractivity contribution in [2.75, 3.05) is 4.90 Å². The molecule has 7 nitrogen and oxygen atoms in total. The summed E-state index contributed by atoms with van der Waals surface area (Å²) in [7, 11) is 1.70. The first-order valence-corrected chi connectivity index (χ1v) is 8.19. The Morgan fingerprint density at radius 1 is 1.07 bits per heavy atom. The summed E-state index contributed by atoms with van der Waals surface area (Å²) in [5.41, 5.74) is 0.985. The minimum Gasteiger partial charge on any atom is -0.454 e. The molecular formula is C19H15FN4O3. The SMILES string of the molecule is Cn1nccc1C1NC(=O)N(c2ccc(Oc3ccccc3F)cc2)C1=O. The van der Waals surface area contributed by atoms with Crippen molar-refractivity contribution in [3.05, 3.63) is 72.3 Å². The van der Waals surface area contributed by atoms with E-state index in [-0.39, 0.29) is 5.75 Å². The Balaban J connectivity index is 1.55. The second kappa shape index (κ2) is 6.56. The van der Waals surface area contributed by atoms with Crippen molar-refractivity contribution in [1.29, 1.82) is 0 Å². The summed E-state index contributed by atoms with van der Waals surface area (Å²) in [5.74, 6) is -0.392. The number of aryl methyl sites for hydroxylation is 1. The highest BCUT2D eigenvalue weighted by Crippen LogP contribution is 2.30. The number of imide groups is 1. The molecule has 3 aromatic rings. The number of carbonyl (C=O) groups is 2. The van der Waals surface area contributed by atoms with Crippen LogP contribution >= 0.6 is 0 Å². The van der Waals surface area contributed by atoms with Crippen molar-refractivity contribution < 1.29 is 18.7 Å². The van der Waals surface area contributed by atoms with Crippen LogP contribution in [0.1, 0.15) is 11.7 Å². The Bertz CT molecular complexity index is 1020. The van der Waals surface area contributed by atoms with Crippen molar-refractivity contribution >= 4 is 17.6 Å². The number of aromatic nitrogens is 2. The van der Waals surface area contributed by atoms with Crippen molar-refractivity contribution in [2.24, 2.45) is 7.05 Å². The molecule has 2 heterocycles. The van der Waals surface area contributed by atoms with Crippen molar-refractivity contribution in [1.82, 2.24) is 15.1 Å². The molecule has 0 bridgehead atoms. The molecule has 1 aromatic heterocycles. The van der Waals surface area contributed by atoms with E-state index in [0.717, 1.165) is 4.90 Å². The molecule has 0 spiro atoms. The number of nitrogens with one attached hydrogen (secondary N) is 1. The van der Waals surface area contributed by atoms with Crippen LogP contribution in [0, 0.1) is 5.82 Å². The van der Waals surface area contributed by atoms with Crippen LogP contribution in [0.4, 0.5) is 14.9 Å². The van der Waals surface area contributed by atoms with E-state index in [1.807, 2.05) is 0 Å². The lowest BCUT2D eigenvalue weighted by Gasteiger charge is -2.14. The molecule has 1 unspecified atom stereocenters. The topological polar surface area (TPSA) is 76.5 Å². The number of amides is 3. The molecule has 3 amide bonds. The van der Waals surface area contributed by atoms with Crippen LogP contribution in [0.25, 0.3) is 0 Å². The molecule has 1 fully saturated rings. The molecule has 0 aliphatic carbocycles. The summed E-state index contributed by atoms with van der Waals surface area (Å²) in [6.07, 6.45) is 1.56. The summed E-state index contributed by atoms with van der Waals surface area (Å²) in [6.45, 7) is 0. The Kier molecular flexibility index (Phi) is 4.08. The number of para-hydroxylation sites is 1. The van der Waals surface area contributed by atoms with Crippen LogP contribution in [0.2, 0.25) is 0 Å². The third-order valence-electron chi connectivity index (χ3n) is 4.25. The van der Waals surface area contributed by atoms with Gasteiger partial charge in [0.15, 0.2) is 17.6 Å². The monoisotopic (exact) mass is 366 g/mol. The van der Waals surface area contributed by atoms with Crippen LogP contribution in [0.15, 0.2) is 60.8 Å². The number of benzene rings is 2. The minimum atomic E-state index is -0.792. The second-order valence-electron chi connectivity index (χ2n) is 5.96. The van der Waals surface area contributed by atoms with E-state index in [1.54, 1.807) is 55.7 Å². The van der Waals surface area contributed by atoms with Gasteiger partial charge in [0.05, 0.1) is 11.4 Å². The van der Waals surface area contributed by atoms with E-state index in [2.05, 4.69) is 10.4 Å². The smallest absolute Gasteiger partial charge is 0.329 e. The number of anilines is 1. The fourth-order valence-corrected chi connectivity index (χ4v) is 2.91. The van der Waals surface area contributed by atoms with Gasteiger partial charge in [0.25, 0.3) is 5.91 Å². The molecule has 1 atom stereocenters. The summed E-state index contributed by atoms with van der Waals surface area (Å²) in [6, 6.07) is 12.7. The highest BCUT2D eigenvalue weighted by atomic mass is 19.1. The standard InChI is InChI=1S/C19H15FN4O3/c1-23-15(10-11-21-23)17-18(25)24(19(26)22-17)12-6-8-13(9-7-12)27-16-5-3-2-4-14(16)20/h2-11,17H,1H3,(H,22,26). The number of halogens is 1. The lowest BCUT2D eigenvalue weighted by molar-refractivity contribution is -0.118. The maximum absolute atomic E-state index is 13.7. The molecule has 1 aliphatic rings. The Labute approximate surface area is 154 Å². The molecule has 4 rings (SSSR count). The van der Waals surface area contributed by atoms with Gasteiger partial charge in [-0.3, -0.25) is 9.48 Å². The van der Waals surface area contributed by atoms with Crippen LogP contribution in [0.5, 0.6) is 11.5 Å². The number of hydrogen-bond donors (Lipinski definition) is 1. The van der Waals surface area contributed by atoms with E-state index in [4.69, 9.17) is 4.74 Å². The Morgan fingerprint density at radius 3 is 2.48 bits per heavy atom. The van der Waals surface area contributed by atoms with E-state index in [9.17, 15) is 14.0 Å². The number of rotatable bonds is 4. The van der Waals surface area contributed by atoms with Gasteiger partial charge in [-0.25, -0.2) is 14.1 Å².